The Bertz CT molecular complexity index is 1260. The quantitative estimate of drug-likeness (QED) is 0.464. The number of amides is 1. The van der Waals surface area contributed by atoms with Gasteiger partial charge < -0.3 is 15.6 Å². The van der Waals surface area contributed by atoms with Crippen molar-refractivity contribution in [2.75, 3.05) is 13.1 Å². The van der Waals surface area contributed by atoms with Crippen molar-refractivity contribution in [2.45, 2.75) is 44.3 Å². The number of hydrogen-bond donors (Lipinski definition) is 3. The summed E-state index contributed by atoms with van der Waals surface area (Å²) in [7, 11) is 0. The molecule has 1 saturated heterocycles. The number of pyridine rings is 1. The average molecular weight is 491 g/mol. The molecular formula is C24H25F3N4O2S. The van der Waals surface area contributed by atoms with Gasteiger partial charge in [0.25, 0.3) is 0 Å². The third-order valence-electron chi connectivity index (χ3n) is 6.99. The van der Waals surface area contributed by atoms with Gasteiger partial charge in [-0.15, -0.1) is 0 Å². The van der Waals surface area contributed by atoms with E-state index in [9.17, 15) is 22.8 Å². The summed E-state index contributed by atoms with van der Waals surface area (Å²) in [5.74, 6) is 0.321. The molecule has 3 heterocycles. The van der Waals surface area contributed by atoms with E-state index in [2.05, 4.69) is 20.6 Å². The maximum atomic E-state index is 13.7. The van der Waals surface area contributed by atoms with Gasteiger partial charge >= 0.3 is 11.0 Å². The lowest BCUT2D eigenvalue weighted by Gasteiger charge is -2.36. The van der Waals surface area contributed by atoms with Crippen molar-refractivity contribution in [3.63, 3.8) is 0 Å². The molecule has 0 spiro atoms. The van der Waals surface area contributed by atoms with Crippen LogP contribution in [0.1, 0.15) is 48.3 Å². The molecule has 1 aromatic carbocycles. The van der Waals surface area contributed by atoms with Gasteiger partial charge in [-0.05, 0) is 60.5 Å². The van der Waals surface area contributed by atoms with E-state index in [-0.39, 0.29) is 23.2 Å². The second-order valence-corrected chi connectivity index (χ2v) is 10.4. The number of carbonyl (C=O) groups is 1. The first-order valence-corrected chi connectivity index (χ1v) is 12.2. The van der Waals surface area contributed by atoms with Crippen LogP contribution in [0.2, 0.25) is 0 Å². The Kier molecular flexibility index (Phi) is 5.97. The van der Waals surface area contributed by atoms with Crippen LogP contribution in [-0.4, -0.2) is 29.0 Å². The fraction of sp³-hybridized carbons (Fsp3) is 0.458. The van der Waals surface area contributed by atoms with Crippen LogP contribution in [0.3, 0.4) is 0 Å². The summed E-state index contributed by atoms with van der Waals surface area (Å²) in [5, 5.41) is 6.23. The Morgan fingerprint density at radius 3 is 2.79 bits per heavy atom. The minimum Gasteiger partial charge on any atom is -0.351 e. The number of alkyl halides is 3. The first-order chi connectivity index (χ1) is 16.2. The zero-order chi connectivity index (χ0) is 23.9. The molecule has 2 atom stereocenters. The molecule has 3 N–H and O–H groups in total. The Labute approximate surface area is 198 Å². The van der Waals surface area contributed by atoms with Crippen LogP contribution in [-0.2, 0) is 17.5 Å². The van der Waals surface area contributed by atoms with Gasteiger partial charge in [0.1, 0.15) is 0 Å². The first-order valence-electron chi connectivity index (χ1n) is 11.4. The van der Waals surface area contributed by atoms with Crippen molar-refractivity contribution in [1.29, 1.82) is 0 Å². The van der Waals surface area contributed by atoms with E-state index in [1.54, 1.807) is 0 Å². The molecule has 2 unspecified atom stereocenters. The molecule has 2 aromatic heterocycles. The highest BCUT2D eigenvalue weighted by atomic mass is 32.1. The Morgan fingerprint density at radius 2 is 2.09 bits per heavy atom. The second kappa shape index (κ2) is 8.81. The van der Waals surface area contributed by atoms with E-state index >= 15 is 0 Å². The molecule has 1 saturated carbocycles. The molecular weight excluding hydrogens is 465 g/mol. The summed E-state index contributed by atoms with van der Waals surface area (Å²) in [6.45, 7) is 1.16. The standard InChI is InChI=1S/C24H25F3N4O2S/c25-24(26,27)17-7-15(10-29-12-17)11-30-21(32)23(5-6-28-13-23)18(8-14-1-2-14)16-3-4-20-19(9-16)31-22(33)34-20/h3-4,7,9-10,12,14,18,28H,1-2,5-6,8,11,13H2,(H,30,32)(H,31,33). The third kappa shape index (κ3) is 4.61. The van der Waals surface area contributed by atoms with Crippen molar-refractivity contribution in [2.24, 2.45) is 11.3 Å². The van der Waals surface area contributed by atoms with Crippen LogP contribution in [0.4, 0.5) is 13.2 Å². The maximum Gasteiger partial charge on any atom is 0.417 e. The van der Waals surface area contributed by atoms with Gasteiger partial charge in [-0.3, -0.25) is 14.6 Å². The van der Waals surface area contributed by atoms with Crippen molar-refractivity contribution < 1.29 is 18.0 Å². The lowest BCUT2D eigenvalue weighted by Crippen LogP contribution is -2.46. The van der Waals surface area contributed by atoms with Gasteiger partial charge in [-0.2, -0.15) is 13.2 Å². The summed E-state index contributed by atoms with van der Waals surface area (Å²) < 4.78 is 40.0. The number of carbonyl (C=O) groups excluding carboxylic acids is 1. The molecule has 1 aliphatic carbocycles. The molecule has 2 fully saturated rings. The number of benzene rings is 1. The van der Waals surface area contributed by atoms with Crippen LogP contribution < -0.4 is 15.5 Å². The summed E-state index contributed by atoms with van der Waals surface area (Å²) in [6, 6.07) is 6.93. The molecule has 0 radical (unpaired) electrons. The molecule has 180 valence electrons. The van der Waals surface area contributed by atoms with Crippen molar-refractivity contribution >= 4 is 27.5 Å². The van der Waals surface area contributed by atoms with E-state index in [0.29, 0.717) is 31.0 Å². The third-order valence-corrected chi connectivity index (χ3v) is 7.86. The largest absolute Gasteiger partial charge is 0.417 e. The lowest BCUT2D eigenvalue weighted by atomic mass is 9.68. The van der Waals surface area contributed by atoms with Gasteiger partial charge in [-0.1, -0.05) is 30.2 Å². The van der Waals surface area contributed by atoms with E-state index in [4.69, 9.17) is 0 Å². The number of H-pyrrole nitrogens is 1. The summed E-state index contributed by atoms with van der Waals surface area (Å²) in [5.41, 5.74) is 0.529. The van der Waals surface area contributed by atoms with Crippen LogP contribution >= 0.6 is 11.3 Å². The predicted molar refractivity (Wildman–Crippen MR) is 124 cm³/mol. The number of aromatic nitrogens is 2. The molecule has 1 aliphatic heterocycles. The van der Waals surface area contributed by atoms with Crippen molar-refractivity contribution in [3.05, 3.63) is 63.0 Å². The predicted octanol–water partition coefficient (Wildman–Crippen LogP) is 4.18. The molecule has 5 rings (SSSR count). The summed E-state index contributed by atoms with van der Waals surface area (Å²) in [4.78, 5) is 31.9. The van der Waals surface area contributed by atoms with Gasteiger partial charge in [0, 0.05) is 25.5 Å². The van der Waals surface area contributed by atoms with E-state index < -0.39 is 17.2 Å². The molecule has 2 aliphatic rings. The molecule has 3 aromatic rings. The monoisotopic (exact) mass is 490 g/mol. The van der Waals surface area contributed by atoms with E-state index in [0.717, 1.165) is 58.6 Å². The number of fused-ring (bicyclic) bond motifs is 1. The van der Waals surface area contributed by atoms with Gasteiger partial charge in [-0.25, -0.2) is 0 Å². The van der Waals surface area contributed by atoms with Crippen LogP contribution in [0.25, 0.3) is 10.2 Å². The lowest BCUT2D eigenvalue weighted by molar-refractivity contribution is -0.137. The van der Waals surface area contributed by atoms with E-state index in [1.165, 1.54) is 6.20 Å². The minimum absolute atomic E-state index is 0.0233. The van der Waals surface area contributed by atoms with E-state index in [1.807, 2.05) is 18.2 Å². The normalized spacial score (nSPS) is 21.6. The number of nitrogens with zero attached hydrogens (tertiary/aromatic N) is 1. The minimum atomic E-state index is -4.49. The SMILES string of the molecule is O=C(NCc1cncc(C(F)(F)F)c1)C1(C(CC2CC2)c2ccc3sc(=O)[nH]c3c2)CCNC1. The second-order valence-electron chi connectivity index (χ2n) is 9.35. The highest BCUT2D eigenvalue weighted by Crippen LogP contribution is 2.49. The van der Waals surface area contributed by atoms with Crippen LogP contribution in [0, 0.1) is 11.3 Å². The first kappa shape index (κ1) is 23.0. The molecule has 0 bridgehead atoms. The highest BCUT2D eigenvalue weighted by Gasteiger charge is 2.49. The Morgan fingerprint density at radius 1 is 1.26 bits per heavy atom. The Balaban J connectivity index is 1.43. The van der Waals surface area contributed by atoms with Crippen LogP contribution in [0.15, 0.2) is 41.5 Å². The molecule has 1 amide bonds. The molecule has 6 nitrogen and oxygen atoms in total. The maximum absolute atomic E-state index is 13.7. The van der Waals surface area contributed by atoms with Crippen molar-refractivity contribution in [3.8, 4) is 0 Å². The Hall–Kier alpha value is -2.72. The number of aromatic amines is 1. The smallest absolute Gasteiger partial charge is 0.351 e. The van der Waals surface area contributed by atoms with Gasteiger partial charge in [0.15, 0.2) is 0 Å². The summed E-state index contributed by atoms with van der Waals surface area (Å²) in [6.07, 6.45) is 1.40. The topological polar surface area (TPSA) is 86.9 Å². The van der Waals surface area contributed by atoms with Gasteiger partial charge in [0.2, 0.25) is 5.91 Å². The number of halogens is 3. The number of nitrogens with one attached hydrogen (secondary N) is 3. The van der Waals surface area contributed by atoms with Crippen LogP contribution in [0.5, 0.6) is 0 Å². The summed E-state index contributed by atoms with van der Waals surface area (Å²) >= 11 is 1.16. The zero-order valence-electron chi connectivity index (χ0n) is 18.4. The fourth-order valence-electron chi connectivity index (χ4n) is 5.01. The van der Waals surface area contributed by atoms with Gasteiger partial charge in [0.05, 0.1) is 21.2 Å². The highest BCUT2D eigenvalue weighted by molar-refractivity contribution is 7.16. The molecule has 10 heteroatoms. The molecule has 34 heavy (non-hydrogen) atoms. The number of hydrogen-bond acceptors (Lipinski definition) is 5. The zero-order valence-corrected chi connectivity index (χ0v) is 19.2. The number of thiazole rings is 1. The average Bonchev–Trinajstić information content (AvgIpc) is 3.34. The fourth-order valence-corrected chi connectivity index (χ4v) is 5.73. The van der Waals surface area contributed by atoms with Crippen molar-refractivity contribution in [1.82, 2.24) is 20.6 Å². The number of rotatable bonds is 7.